The van der Waals surface area contributed by atoms with E-state index >= 15 is 0 Å². The van der Waals surface area contributed by atoms with Crippen molar-refractivity contribution in [1.29, 1.82) is 0 Å². The highest BCUT2D eigenvalue weighted by Gasteiger charge is 2.26. The van der Waals surface area contributed by atoms with Gasteiger partial charge in [-0.15, -0.1) is 0 Å². The molecule has 0 aliphatic heterocycles. The van der Waals surface area contributed by atoms with Gasteiger partial charge in [-0.2, -0.15) is 8.78 Å². The molecule has 0 fully saturated rings. The number of ether oxygens (including phenoxy) is 1. The Bertz CT molecular complexity index is 759. The Labute approximate surface area is 132 Å². The summed E-state index contributed by atoms with van der Waals surface area (Å²) in [6.45, 7) is 2.05. The highest BCUT2D eigenvalue weighted by molar-refractivity contribution is 7.91. The Morgan fingerprint density at radius 2 is 1.77 bits per heavy atom. The normalized spacial score (nSPS) is 11.7. The van der Waals surface area contributed by atoms with Crippen molar-refractivity contribution in [1.82, 2.24) is 0 Å². The van der Waals surface area contributed by atoms with Crippen molar-refractivity contribution in [3.63, 3.8) is 0 Å². The average Bonchev–Trinajstić information content (AvgIpc) is 2.48. The summed E-state index contributed by atoms with van der Waals surface area (Å²) in [4.78, 5) is -0.417. The van der Waals surface area contributed by atoms with Gasteiger partial charge in [-0.3, -0.25) is 0 Å². The molecule has 0 N–H and O–H groups in total. The van der Waals surface area contributed by atoms with Gasteiger partial charge in [0, 0.05) is 0 Å². The fourth-order valence-electron chi connectivity index (χ4n) is 1.76. The Morgan fingerprint density at radius 1 is 1.14 bits per heavy atom. The van der Waals surface area contributed by atoms with Gasteiger partial charge < -0.3 is 4.74 Å². The topological polar surface area (TPSA) is 43.4 Å². The third-order valence-electron chi connectivity index (χ3n) is 2.97. The SMILES string of the molecule is Cc1ccc(Cl)c(OCc2ccc(S(=O)(=O)C(F)F)cc2)c1. The van der Waals surface area contributed by atoms with Gasteiger partial charge in [0.15, 0.2) is 0 Å². The van der Waals surface area contributed by atoms with Gasteiger partial charge in [0.1, 0.15) is 12.4 Å². The summed E-state index contributed by atoms with van der Waals surface area (Å²) in [5.41, 5.74) is 1.63. The summed E-state index contributed by atoms with van der Waals surface area (Å²) in [5, 5.41) is 0.461. The van der Waals surface area contributed by atoms with Gasteiger partial charge in [-0.1, -0.05) is 29.8 Å². The van der Waals surface area contributed by atoms with Crippen LogP contribution in [-0.4, -0.2) is 14.2 Å². The zero-order chi connectivity index (χ0) is 16.3. The third-order valence-corrected chi connectivity index (χ3v) is 4.68. The molecule has 0 spiro atoms. The lowest BCUT2D eigenvalue weighted by molar-refractivity contribution is 0.234. The molecule has 0 aliphatic rings. The Kier molecular flexibility index (Phi) is 5.03. The summed E-state index contributed by atoms with van der Waals surface area (Å²) in [6.07, 6.45) is 0. The van der Waals surface area contributed by atoms with Crippen molar-refractivity contribution >= 4 is 21.4 Å². The molecule has 0 saturated heterocycles. The molecule has 0 bridgehead atoms. The lowest BCUT2D eigenvalue weighted by Crippen LogP contribution is -2.11. The van der Waals surface area contributed by atoms with Gasteiger partial charge in [-0.25, -0.2) is 8.42 Å². The van der Waals surface area contributed by atoms with Crippen LogP contribution in [0.15, 0.2) is 47.4 Å². The second kappa shape index (κ2) is 6.62. The number of rotatable bonds is 5. The molecule has 0 radical (unpaired) electrons. The molecule has 0 aromatic heterocycles. The standard InChI is InChI=1S/C15H13ClF2O3S/c1-10-2-7-13(16)14(8-10)21-9-11-3-5-12(6-4-11)22(19,20)15(17)18/h2-8,15H,9H2,1H3. The first-order chi connectivity index (χ1) is 10.3. The minimum atomic E-state index is -4.57. The number of aryl methyl sites for hydroxylation is 1. The number of hydrogen-bond donors (Lipinski definition) is 0. The van der Waals surface area contributed by atoms with Gasteiger partial charge in [-0.05, 0) is 42.3 Å². The number of benzene rings is 2. The van der Waals surface area contributed by atoms with Crippen molar-refractivity contribution in [3.8, 4) is 5.75 Å². The molecule has 0 saturated carbocycles. The molecular formula is C15H13ClF2O3S. The Morgan fingerprint density at radius 3 is 2.36 bits per heavy atom. The Balaban J connectivity index is 2.11. The van der Waals surface area contributed by atoms with Crippen LogP contribution in [0.25, 0.3) is 0 Å². The summed E-state index contributed by atoms with van der Waals surface area (Å²) >= 11 is 5.99. The second-order valence-corrected chi connectivity index (χ2v) is 7.00. The fourth-order valence-corrected chi connectivity index (χ4v) is 2.65. The summed E-state index contributed by atoms with van der Waals surface area (Å²) in [6, 6.07) is 10.5. The first kappa shape index (κ1) is 16.7. The minimum absolute atomic E-state index is 0.151. The predicted octanol–water partition coefficient (Wildman–Crippen LogP) is 4.22. The fraction of sp³-hybridized carbons (Fsp3) is 0.200. The molecule has 22 heavy (non-hydrogen) atoms. The second-order valence-electron chi connectivity index (χ2n) is 4.67. The quantitative estimate of drug-likeness (QED) is 0.814. The summed E-state index contributed by atoms with van der Waals surface area (Å²) in [7, 11) is -4.57. The minimum Gasteiger partial charge on any atom is -0.487 e. The maximum absolute atomic E-state index is 12.4. The summed E-state index contributed by atoms with van der Waals surface area (Å²) < 4.78 is 53.0. The number of halogens is 3. The molecular weight excluding hydrogens is 334 g/mol. The van der Waals surface area contributed by atoms with Crippen LogP contribution in [0.1, 0.15) is 11.1 Å². The highest BCUT2D eigenvalue weighted by Crippen LogP contribution is 2.26. The van der Waals surface area contributed by atoms with Gasteiger partial charge in [0.05, 0.1) is 9.92 Å². The van der Waals surface area contributed by atoms with E-state index in [9.17, 15) is 17.2 Å². The van der Waals surface area contributed by atoms with E-state index in [0.29, 0.717) is 16.3 Å². The van der Waals surface area contributed by atoms with E-state index < -0.39 is 20.5 Å². The lowest BCUT2D eigenvalue weighted by Gasteiger charge is -2.09. The van der Waals surface area contributed by atoms with Crippen LogP contribution in [0.3, 0.4) is 0 Å². The van der Waals surface area contributed by atoms with Crippen LogP contribution in [0.4, 0.5) is 8.78 Å². The zero-order valence-corrected chi connectivity index (χ0v) is 13.2. The van der Waals surface area contributed by atoms with E-state index in [0.717, 1.165) is 17.7 Å². The van der Waals surface area contributed by atoms with Crippen LogP contribution in [0, 0.1) is 6.92 Å². The molecule has 0 atom stereocenters. The first-order valence-electron chi connectivity index (χ1n) is 6.30. The monoisotopic (exact) mass is 346 g/mol. The van der Waals surface area contributed by atoms with Gasteiger partial charge in [0.2, 0.25) is 9.84 Å². The molecule has 0 heterocycles. The maximum atomic E-state index is 12.4. The summed E-state index contributed by atoms with van der Waals surface area (Å²) in [5.74, 6) is -2.92. The van der Waals surface area contributed by atoms with E-state index in [1.807, 2.05) is 13.0 Å². The molecule has 2 aromatic rings. The van der Waals surface area contributed by atoms with E-state index in [1.165, 1.54) is 12.1 Å². The molecule has 7 heteroatoms. The predicted molar refractivity (Wildman–Crippen MR) is 80.2 cm³/mol. The molecule has 0 amide bonds. The Hall–Kier alpha value is -1.66. The van der Waals surface area contributed by atoms with Crippen LogP contribution in [0.2, 0.25) is 5.02 Å². The van der Waals surface area contributed by atoms with Crippen molar-refractivity contribution in [3.05, 3.63) is 58.6 Å². The van der Waals surface area contributed by atoms with Crippen LogP contribution >= 0.6 is 11.6 Å². The van der Waals surface area contributed by atoms with Crippen molar-refractivity contribution in [2.24, 2.45) is 0 Å². The van der Waals surface area contributed by atoms with Gasteiger partial charge >= 0.3 is 5.76 Å². The van der Waals surface area contributed by atoms with E-state index in [-0.39, 0.29) is 6.61 Å². The average molecular weight is 347 g/mol. The molecule has 0 unspecified atom stereocenters. The van der Waals surface area contributed by atoms with E-state index in [1.54, 1.807) is 12.1 Å². The highest BCUT2D eigenvalue weighted by atomic mass is 35.5. The largest absolute Gasteiger partial charge is 0.487 e. The smallest absolute Gasteiger partial charge is 0.341 e. The van der Waals surface area contributed by atoms with Crippen LogP contribution in [0.5, 0.6) is 5.75 Å². The van der Waals surface area contributed by atoms with E-state index in [4.69, 9.17) is 16.3 Å². The maximum Gasteiger partial charge on any atom is 0.341 e. The third kappa shape index (κ3) is 3.75. The number of alkyl halides is 2. The van der Waals surface area contributed by atoms with Gasteiger partial charge in [0.25, 0.3) is 0 Å². The molecule has 2 aromatic carbocycles. The molecule has 3 nitrogen and oxygen atoms in total. The number of hydrogen-bond acceptors (Lipinski definition) is 3. The first-order valence-corrected chi connectivity index (χ1v) is 8.23. The van der Waals surface area contributed by atoms with Crippen LogP contribution < -0.4 is 4.74 Å². The van der Waals surface area contributed by atoms with Crippen molar-refractivity contribution in [2.75, 3.05) is 0 Å². The van der Waals surface area contributed by atoms with Crippen molar-refractivity contribution in [2.45, 2.75) is 24.2 Å². The van der Waals surface area contributed by atoms with Crippen molar-refractivity contribution < 1.29 is 21.9 Å². The molecule has 2 rings (SSSR count). The molecule has 0 aliphatic carbocycles. The van der Waals surface area contributed by atoms with Crippen LogP contribution in [-0.2, 0) is 16.4 Å². The molecule has 118 valence electrons. The zero-order valence-electron chi connectivity index (χ0n) is 11.6. The lowest BCUT2D eigenvalue weighted by atomic mass is 10.2. The number of sulfone groups is 1. The van der Waals surface area contributed by atoms with E-state index in [2.05, 4.69) is 0 Å².